The highest BCUT2D eigenvalue weighted by Crippen LogP contribution is 2.26. The maximum absolute atomic E-state index is 14.0. The number of thiazole rings is 1. The minimum atomic E-state index is -0.198. The zero-order valence-corrected chi connectivity index (χ0v) is 11.7. The molecule has 0 fully saturated rings. The van der Waals surface area contributed by atoms with Crippen LogP contribution in [0.15, 0.2) is 34.4 Å². The Morgan fingerprint density at radius 1 is 1.53 bits per heavy atom. The normalized spacial score (nSPS) is 12.6. The van der Waals surface area contributed by atoms with E-state index in [1.807, 2.05) is 25.4 Å². The van der Waals surface area contributed by atoms with Crippen LogP contribution in [0, 0.1) is 5.82 Å². The van der Waals surface area contributed by atoms with E-state index >= 15 is 0 Å². The Hall–Kier alpha value is -0.780. The van der Waals surface area contributed by atoms with Gasteiger partial charge in [-0.2, -0.15) is 0 Å². The third kappa shape index (κ3) is 2.91. The number of hydrogen-bond donors (Lipinski definition) is 1. The van der Waals surface area contributed by atoms with Crippen LogP contribution in [0.4, 0.5) is 4.39 Å². The molecule has 1 aromatic heterocycles. The Morgan fingerprint density at radius 3 is 3.00 bits per heavy atom. The molecule has 0 amide bonds. The quantitative estimate of drug-likeness (QED) is 0.933. The smallest absolute Gasteiger partial charge is 0.142 e. The molecule has 0 spiro atoms. The molecule has 90 valence electrons. The first kappa shape index (κ1) is 12.7. The molecule has 1 atom stereocenters. The van der Waals surface area contributed by atoms with E-state index in [1.165, 1.54) is 0 Å². The first-order chi connectivity index (χ1) is 8.22. The SMILES string of the molecule is CNC(Cc1cncs1)c1cccc(Br)c1F. The third-order valence-corrected chi connectivity index (χ3v) is 4.01. The molecule has 1 aromatic carbocycles. The summed E-state index contributed by atoms with van der Waals surface area (Å²) in [7, 11) is 1.84. The number of halogens is 2. The minimum Gasteiger partial charge on any atom is -0.313 e. The molecule has 1 unspecified atom stereocenters. The molecule has 2 rings (SSSR count). The second-order valence-corrected chi connectivity index (χ2v) is 5.48. The van der Waals surface area contributed by atoms with Gasteiger partial charge >= 0.3 is 0 Å². The van der Waals surface area contributed by atoms with E-state index in [4.69, 9.17) is 0 Å². The van der Waals surface area contributed by atoms with Gasteiger partial charge in [-0.1, -0.05) is 12.1 Å². The summed E-state index contributed by atoms with van der Waals surface area (Å²) in [6.07, 6.45) is 2.57. The Morgan fingerprint density at radius 2 is 2.35 bits per heavy atom. The largest absolute Gasteiger partial charge is 0.313 e. The van der Waals surface area contributed by atoms with Crippen molar-refractivity contribution in [3.63, 3.8) is 0 Å². The second-order valence-electron chi connectivity index (χ2n) is 3.66. The summed E-state index contributed by atoms with van der Waals surface area (Å²) in [5.41, 5.74) is 2.47. The molecule has 0 aliphatic heterocycles. The number of nitrogens with zero attached hydrogens (tertiary/aromatic N) is 1. The van der Waals surface area contributed by atoms with Gasteiger partial charge in [0.25, 0.3) is 0 Å². The van der Waals surface area contributed by atoms with Crippen LogP contribution < -0.4 is 5.32 Å². The van der Waals surface area contributed by atoms with Gasteiger partial charge in [0.2, 0.25) is 0 Å². The van der Waals surface area contributed by atoms with Gasteiger partial charge < -0.3 is 5.32 Å². The van der Waals surface area contributed by atoms with Crippen molar-refractivity contribution in [3.8, 4) is 0 Å². The molecule has 2 nitrogen and oxygen atoms in total. The van der Waals surface area contributed by atoms with Crippen molar-refractivity contribution in [2.24, 2.45) is 0 Å². The molecule has 1 N–H and O–H groups in total. The Labute approximate surface area is 112 Å². The van der Waals surface area contributed by atoms with E-state index in [9.17, 15) is 4.39 Å². The van der Waals surface area contributed by atoms with Crippen LogP contribution in [0.1, 0.15) is 16.5 Å². The van der Waals surface area contributed by atoms with E-state index in [0.29, 0.717) is 10.0 Å². The van der Waals surface area contributed by atoms with E-state index in [2.05, 4.69) is 26.2 Å². The van der Waals surface area contributed by atoms with E-state index in [0.717, 1.165) is 11.3 Å². The predicted octanol–water partition coefficient (Wildman–Crippen LogP) is 3.55. The molecule has 0 aliphatic rings. The fourth-order valence-electron chi connectivity index (χ4n) is 1.70. The lowest BCUT2D eigenvalue weighted by atomic mass is 10.0. The number of hydrogen-bond acceptors (Lipinski definition) is 3. The molecule has 0 saturated heterocycles. The Bertz CT molecular complexity index is 487. The molecular weight excluding hydrogens is 303 g/mol. The van der Waals surface area contributed by atoms with Crippen LogP contribution in [0.3, 0.4) is 0 Å². The number of aromatic nitrogens is 1. The number of nitrogens with one attached hydrogen (secondary N) is 1. The van der Waals surface area contributed by atoms with Gasteiger partial charge in [0.15, 0.2) is 0 Å². The molecular formula is C12H12BrFN2S. The van der Waals surface area contributed by atoms with Crippen molar-refractivity contribution in [2.75, 3.05) is 7.05 Å². The summed E-state index contributed by atoms with van der Waals surface area (Å²) < 4.78 is 14.5. The highest BCUT2D eigenvalue weighted by Gasteiger charge is 2.16. The Kier molecular flexibility index (Phi) is 4.25. The fourth-order valence-corrected chi connectivity index (χ4v) is 2.72. The first-order valence-electron chi connectivity index (χ1n) is 5.21. The second kappa shape index (κ2) is 5.71. The van der Waals surface area contributed by atoms with Crippen molar-refractivity contribution in [3.05, 3.63) is 50.6 Å². The average Bonchev–Trinajstić information content (AvgIpc) is 2.83. The molecule has 0 bridgehead atoms. The van der Waals surface area contributed by atoms with Gasteiger partial charge in [-0.15, -0.1) is 11.3 Å². The van der Waals surface area contributed by atoms with E-state index in [-0.39, 0.29) is 11.9 Å². The number of rotatable bonds is 4. The molecule has 17 heavy (non-hydrogen) atoms. The molecule has 0 saturated carbocycles. The standard InChI is InChI=1S/C12H12BrFN2S/c1-15-11(5-8-6-16-7-17-8)9-3-2-4-10(13)12(9)14/h2-4,6-7,11,15H,5H2,1H3. The molecule has 5 heteroatoms. The van der Waals surface area contributed by atoms with Gasteiger partial charge in [-0.05, 0) is 29.0 Å². The molecule has 0 radical (unpaired) electrons. The van der Waals surface area contributed by atoms with Gasteiger partial charge in [0.1, 0.15) is 5.82 Å². The molecule has 2 aromatic rings. The summed E-state index contributed by atoms with van der Waals surface area (Å²) in [6, 6.07) is 5.33. The van der Waals surface area contributed by atoms with Crippen LogP contribution in [0.2, 0.25) is 0 Å². The van der Waals surface area contributed by atoms with Gasteiger partial charge in [-0.3, -0.25) is 4.98 Å². The van der Waals surface area contributed by atoms with Crippen molar-refractivity contribution in [1.29, 1.82) is 0 Å². The predicted molar refractivity (Wildman–Crippen MR) is 71.7 cm³/mol. The lowest BCUT2D eigenvalue weighted by molar-refractivity contribution is 0.532. The summed E-state index contributed by atoms with van der Waals surface area (Å²) in [5.74, 6) is -0.198. The van der Waals surface area contributed by atoms with Crippen LogP contribution in [-0.4, -0.2) is 12.0 Å². The third-order valence-electron chi connectivity index (χ3n) is 2.59. The maximum Gasteiger partial charge on any atom is 0.142 e. The van der Waals surface area contributed by atoms with Gasteiger partial charge in [0, 0.05) is 29.1 Å². The summed E-state index contributed by atoms with van der Waals surface area (Å²) in [6.45, 7) is 0. The topological polar surface area (TPSA) is 24.9 Å². The minimum absolute atomic E-state index is 0.0343. The van der Waals surface area contributed by atoms with Crippen LogP contribution >= 0.6 is 27.3 Å². The highest BCUT2D eigenvalue weighted by molar-refractivity contribution is 9.10. The van der Waals surface area contributed by atoms with E-state index in [1.54, 1.807) is 22.9 Å². The summed E-state index contributed by atoms with van der Waals surface area (Å²) >= 11 is 4.80. The first-order valence-corrected chi connectivity index (χ1v) is 6.88. The fraction of sp³-hybridized carbons (Fsp3) is 0.250. The van der Waals surface area contributed by atoms with Gasteiger partial charge in [-0.25, -0.2) is 4.39 Å². The molecule has 0 aliphatic carbocycles. The molecule has 1 heterocycles. The summed E-state index contributed by atoms with van der Waals surface area (Å²) in [5, 5.41) is 3.14. The summed E-state index contributed by atoms with van der Waals surface area (Å²) in [4.78, 5) is 5.17. The zero-order chi connectivity index (χ0) is 12.3. The lowest BCUT2D eigenvalue weighted by Crippen LogP contribution is -2.19. The monoisotopic (exact) mass is 314 g/mol. The van der Waals surface area contributed by atoms with Crippen LogP contribution in [-0.2, 0) is 6.42 Å². The zero-order valence-electron chi connectivity index (χ0n) is 9.28. The lowest BCUT2D eigenvalue weighted by Gasteiger charge is -2.16. The van der Waals surface area contributed by atoms with Crippen LogP contribution in [0.5, 0.6) is 0 Å². The van der Waals surface area contributed by atoms with Crippen LogP contribution in [0.25, 0.3) is 0 Å². The number of benzene rings is 1. The average molecular weight is 315 g/mol. The van der Waals surface area contributed by atoms with Crippen molar-refractivity contribution in [1.82, 2.24) is 10.3 Å². The van der Waals surface area contributed by atoms with Gasteiger partial charge in [0.05, 0.1) is 9.98 Å². The highest BCUT2D eigenvalue weighted by atomic mass is 79.9. The number of likely N-dealkylation sites (N-methyl/N-ethyl adjacent to an activating group) is 1. The Balaban J connectivity index is 2.26. The van der Waals surface area contributed by atoms with E-state index < -0.39 is 0 Å². The van der Waals surface area contributed by atoms with Crippen molar-refractivity contribution >= 4 is 27.3 Å². The van der Waals surface area contributed by atoms with Crippen molar-refractivity contribution in [2.45, 2.75) is 12.5 Å². The van der Waals surface area contributed by atoms with Crippen molar-refractivity contribution < 1.29 is 4.39 Å². The maximum atomic E-state index is 14.0.